The first-order chi connectivity index (χ1) is 4.74. The standard InChI is InChI=1S/C5H6N2O2S/c1-9-5-4(10)2-3-7(8)6-5/h2-3,8H,1H3. The van der Waals surface area contributed by atoms with Crippen molar-refractivity contribution in [1.29, 1.82) is 0 Å². The van der Waals surface area contributed by atoms with E-state index in [1.807, 2.05) is 0 Å². The fourth-order valence-corrected chi connectivity index (χ4v) is 0.708. The van der Waals surface area contributed by atoms with Gasteiger partial charge in [-0.25, -0.2) is 0 Å². The molecule has 10 heavy (non-hydrogen) atoms. The molecule has 0 amide bonds. The van der Waals surface area contributed by atoms with Gasteiger partial charge in [0.05, 0.1) is 13.3 Å². The number of methoxy groups -OCH3 is 1. The maximum absolute atomic E-state index is 8.75. The Balaban J connectivity index is 3.22. The second-order valence-electron chi connectivity index (χ2n) is 1.61. The fourth-order valence-electron chi connectivity index (χ4n) is 0.523. The highest BCUT2D eigenvalue weighted by Gasteiger charge is 1.94. The highest BCUT2D eigenvalue weighted by molar-refractivity contribution is 7.71. The van der Waals surface area contributed by atoms with Gasteiger partial charge in [0.15, 0.2) is 0 Å². The first-order valence-electron chi connectivity index (χ1n) is 2.57. The van der Waals surface area contributed by atoms with Crippen LogP contribution < -0.4 is 4.74 Å². The van der Waals surface area contributed by atoms with E-state index in [1.54, 1.807) is 0 Å². The van der Waals surface area contributed by atoms with Crippen molar-refractivity contribution in [2.75, 3.05) is 7.11 Å². The van der Waals surface area contributed by atoms with Crippen molar-refractivity contribution < 1.29 is 9.94 Å². The molecule has 0 spiro atoms. The Kier molecular flexibility index (Phi) is 1.86. The van der Waals surface area contributed by atoms with Crippen molar-refractivity contribution in [3.63, 3.8) is 0 Å². The van der Waals surface area contributed by atoms with Gasteiger partial charge < -0.3 is 9.94 Å². The summed E-state index contributed by atoms with van der Waals surface area (Å²) < 4.78 is 5.21. The molecule has 0 saturated heterocycles. The number of ether oxygens (including phenoxy) is 1. The number of aromatic nitrogens is 2. The first kappa shape index (κ1) is 7.01. The molecule has 0 unspecified atom stereocenters. The SMILES string of the molecule is COc1nn(O)ccc1=S. The van der Waals surface area contributed by atoms with E-state index in [0.717, 1.165) is 0 Å². The summed E-state index contributed by atoms with van der Waals surface area (Å²) in [6.45, 7) is 0. The minimum absolute atomic E-state index is 0.250. The van der Waals surface area contributed by atoms with Crippen molar-refractivity contribution in [3.05, 3.63) is 16.8 Å². The molecule has 1 rings (SSSR count). The Morgan fingerprint density at radius 1 is 1.80 bits per heavy atom. The van der Waals surface area contributed by atoms with Crippen molar-refractivity contribution in [3.8, 4) is 5.88 Å². The van der Waals surface area contributed by atoms with Crippen LogP contribution in [0.3, 0.4) is 0 Å². The molecule has 0 radical (unpaired) electrons. The number of nitrogens with zero attached hydrogens (tertiary/aromatic N) is 2. The molecule has 1 aromatic rings. The van der Waals surface area contributed by atoms with E-state index in [9.17, 15) is 0 Å². The van der Waals surface area contributed by atoms with Gasteiger partial charge >= 0.3 is 0 Å². The summed E-state index contributed by atoms with van der Waals surface area (Å²) in [6, 6.07) is 1.53. The van der Waals surface area contributed by atoms with Crippen molar-refractivity contribution in [2.45, 2.75) is 0 Å². The minimum Gasteiger partial charge on any atom is -0.479 e. The highest BCUT2D eigenvalue weighted by Crippen LogP contribution is 2.05. The third-order valence-electron chi connectivity index (χ3n) is 0.957. The Hall–Kier alpha value is -1.10. The smallest absolute Gasteiger partial charge is 0.252 e. The second-order valence-corrected chi connectivity index (χ2v) is 2.05. The molecule has 4 nitrogen and oxygen atoms in total. The van der Waals surface area contributed by atoms with E-state index < -0.39 is 0 Å². The van der Waals surface area contributed by atoms with Crippen molar-refractivity contribution in [1.82, 2.24) is 9.94 Å². The van der Waals surface area contributed by atoms with Gasteiger partial charge in [-0.2, -0.15) is 0 Å². The van der Waals surface area contributed by atoms with Crippen LogP contribution in [0.5, 0.6) is 5.88 Å². The van der Waals surface area contributed by atoms with Crippen LogP contribution in [0, 0.1) is 4.51 Å². The van der Waals surface area contributed by atoms with Gasteiger partial charge in [0.25, 0.3) is 5.88 Å². The number of hydrogen-bond acceptors (Lipinski definition) is 4. The summed E-state index contributed by atoms with van der Waals surface area (Å²) in [5, 5.41) is 12.3. The average Bonchev–Trinajstić information content (AvgIpc) is 1.94. The van der Waals surface area contributed by atoms with Gasteiger partial charge in [0, 0.05) is 0 Å². The zero-order valence-electron chi connectivity index (χ0n) is 5.31. The summed E-state index contributed by atoms with van der Waals surface area (Å²) >= 11 is 4.80. The van der Waals surface area contributed by atoms with Crippen LogP contribution >= 0.6 is 12.2 Å². The highest BCUT2D eigenvalue weighted by atomic mass is 32.1. The summed E-state index contributed by atoms with van der Waals surface area (Å²) in [6.07, 6.45) is 1.34. The molecule has 0 aliphatic carbocycles. The Bertz CT molecular complexity index is 283. The van der Waals surface area contributed by atoms with E-state index in [2.05, 4.69) is 5.10 Å². The quantitative estimate of drug-likeness (QED) is 0.486. The van der Waals surface area contributed by atoms with Gasteiger partial charge in [-0.05, 0) is 6.07 Å². The summed E-state index contributed by atoms with van der Waals surface area (Å²) in [7, 11) is 1.44. The lowest BCUT2D eigenvalue weighted by Gasteiger charge is -1.98. The largest absolute Gasteiger partial charge is 0.479 e. The molecule has 0 atom stereocenters. The first-order valence-corrected chi connectivity index (χ1v) is 2.98. The molecule has 1 N–H and O–H groups in total. The lowest BCUT2D eigenvalue weighted by molar-refractivity contribution is 0.136. The van der Waals surface area contributed by atoms with Gasteiger partial charge in [0.2, 0.25) is 0 Å². The second kappa shape index (κ2) is 2.66. The Morgan fingerprint density at radius 2 is 2.50 bits per heavy atom. The predicted octanol–water partition coefficient (Wildman–Crippen LogP) is 0.858. The van der Waals surface area contributed by atoms with Crippen LogP contribution in [0.4, 0.5) is 0 Å². The van der Waals surface area contributed by atoms with Crippen LogP contribution in [0.25, 0.3) is 0 Å². The maximum Gasteiger partial charge on any atom is 0.252 e. The van der Waals surface area contributed by atoms with Crippen molar-refractivity contribution in [2.24, 2.45) is 0 Å². The average molecular weight is 158 g/mol. The molecule has 0 bridgehead atoms. The van der Waals surface area contributed by atoms with Crippen LogP contribution in [0.2, 0.25) is 0 Å². The fraction of sp³-hybridized carbons (Fsp3) is 0.200. The monoisotopic (exact) mass is 158 g/mol. The van der Waals surface area contributed by atoms with Crippen LogP contribution in [0.1, 0.15) is 0 Å². The predicted molar refractivity (Wildman–Crippen MR) is 36.8 cm³/mol. The van der Waals surface area contributed by atoms with Crippen LogP contribution in [-0.4, -0.2) is 22.3 Å². The minimum atomic E-state index is 0.250. The van der Waals surface area contributed by atoms with E-state index in [4.69, 9.17) is 22.2 Å². The maximum atomic E-state index is 8.75. The molecule has 54 valence electrons. The molecule has 0 saturated carbocycles. The third-order valence-corrected chi connectivity index (χ3v) is 1.27. The lowest BCUT2D eigenvalue weighted by atomic mass is 10.6. The topological polar surface area (TPSA) is 47.3 Å². The molecule has 1 aromatic heterocycles. The lowest BCUT2D eigenvalue weighted by Crippen LogP contribution is -1.99. The number of rotatable bonds is 1. The zero-order valence-corrected chi connectivity index (χ0v) is 6.13. The Labute approximate surface area is 62.6 Å². The molecule has 1 heterocycles. The van der Waals surface area contributed by atoms with Gasteiger partial charge in [-0.3, -0.25) is 0 Å². The van der Waals surface area contributed by atoms with Gasteiger partial charge in [-0.1, -0.05) is 17.3 Å². The van der Waals surface area contributed by atoms with Crippen molar-refractivity contribution >= 4 is 12.2 Å². The molecule has 0 aliphatic heterocycles. The van der Waals surface area contributed by atoms with E-state index in [1.165, 1.54) is 19.4 Å². The molecule has 0 aliphatic rings. The molecule has 0 fully saturated rings. The molecular weight excluding hydrogens is 152 g/mol. The van der Waals surface area contributed by atoms with E-state index in [0.29, 0.717) is 9.36 Å². The van der Waals surface area contributed by atoms with Crippen LogP contribution in [0.15, 0.2) is 12.3 Å². The van der Waals surface area contributed by atoms with Gasteiger partial charge in [-0.15, -0.1) is 4.85 Å². The molecule has 5 heteroatoms. The molecule has 0 aromatic carbocycles. The number of hydrogen-bond donors (Lipinski definition) is 1. The zero-order chi connectivity index (χ0) is 7.56. The molecular formula is C5H6N2O2S. The normalized spacial score (nSPS) is 9.30. The summed E-state index contributed by atoms with van der Waals surface area (Å²) in [5.74, 6) is 0.250. The summed E-state index contributed by atoms with van der Waals surface area (Å²) in [4.78, 5) is 0.647. The van der Waals surface area contributed by atoms with Crippen LogP contribution in [-0.2, 0) is 0 Å². The third kappa shape index (κ3) is 1.24. The van der Waals surface area contributed by atoms with E-state index in [-0.39, 0.29) is 5.88 Å². The van der Waals surface area contributed by atoms with Gasteiger partial charge in [0.1, 0.15) is 4.51 Å². The summed E-state index contributed by atoms with van der Waals surface area (Å²) in [5.41, 5.74) is 0. The Morgan fingerprint density at radius 3 is 3.00 bits per heavy atom. The van der Waals surface area contributed by atoms with E-state index >= 15 is 0 Å².